The second-order valence-corrected chi connectivity index (χ2v) is 6.08. The molecular formula is C19H19FN4O. The molecule has 1 fully saturated rings. The topological polar surface area (TPSA) is 43.2 Å². The maximum absolute atomic E-state index is 13.1. The molecule has 1 aliphatic rings. The van der Waals surface area contributed by atoms with Gasteiger partial charge in [0, 0.05) is 37.2 Å². The first kappa shape index (κ1) is 15.9. The number of hydrogen-bond donors (Lipinski definition) is 0. The number of morpholine rings is 1. The molecule has 1 atom stereocenters. The Hall–Kier alpha value is -2.57. The van der Waals surface area contributed by atoms with Gasteiger partial charge in [-0.25, -0.2) is 4.39 Å². The van der Waals surface area contributed by atoms with E-state index in [4.69, 9.17) is 4.74 Å². The predicted molar refractivity (Wildman–Crippen MR) is 92.1 cm³/mol. The van der Waals surface area contributed by atoms with E-state index < -0.39 is 0 Å². The second-order valence-electron chi connectivity index (χ2n) is 6.08. The smallest absolute Gasteiger partial charge is 0.123 e. The minimum absolute atomic E-state index is 0.0470. The molecule has 3 aromatic rings. The summed E-state index contributed by atoms with van der Waals surface area (Å²) < 4.78 is 21.0. The van der Waals surface area contributed by atoms with Gasteiger partial charge in [0.1, 0.15) is 5.82 Å². The van der Waals surface area contributed by atoms with Gasteiger partial charge in [-0.2, -0.15) is 5.10 Å². The van der Waals surface area contributed by atoms with Crippen LogP contribution in [0, 0.1) is 5.82 Å². The number of pyridine rings is 1. The molecule has 0 amide bonds. The normalized spacial score (nSPS) is 18.4. The van der Waals surface area contributed by atoms with Crippen molar-refractivity contribution < 1.29 is 9.13 Å². The molecule has 0 spiro atoms. The average molecular weight is 338 g/mol. The molecule has 0 N–H and O–H groups in total. The van der Waals surface area contributed by atoms with Crippen molar-refractivity contribution in [1.82, 2.24) is 19.7 Å². The van der Waals surface area contributed by atoms with E-state index in [9.17, 15) is 4.39 Å². The van der Waals surface area contributed by atoms with Crippen molar-refractivity contribution in [2.75, 3.05) is 19.7 Å². The molecule has 0 aliphatic carbocycles. The minimum Gasteiger partial charge on any atom is -0.371 e. The molecule has 5 nitrogen and oxygen atoms in total. The lowest BCUT2D eigenvalue weighted by Gasteiger charge is -2.33. The van der Waals surface area contributed by atoms with Crippen LogP contribution in [0.5, 0.6) is 0 Å². The monoisotopic (exact) mass is 338 g/mol. The van der Waals surface area contributed by atoms with E-state index in [-0.39, 0.29) is 11.9 Å². The average Bonchev–Trinajstić information content (AvgIpc) is 3.11. The van der Waals surface area contributed by atoms with E-state index in [0.717, 1.165) is 29.9 Å². The largest absolute Gasteiger partial charge is 0.371 e. The lowest BCUT2D eigenvalue weighted by Crippen LogP contribution is -2.39. The Morgan fingerprint density at radius 3 is 2.64 bits per heavy atom. The van der Waals surface area contributed by atoms with E-state index in [2.05, 4.69) is 15.0 Å². The molecule has 0 saturated carbocycles. The van der Waals surface area contributed by atoms with Gasteiger partial charge in [0.25, 0.3) is 0 Å². The van der Waals surface area contributed by atoms with Gasteiger partial charge in [-0.3, -0.25) is 14.6 Å². The Morgan fingerprint density at radius 2 is 1.84 bits per heavy atom. The molecule has 0 unspecified atom stereocenters. The van der Waals surface area contributed by atoms with E-state index in [1.54, 1.807) is 24.5 Å². The standard InChI is InChI=1S/C19H19FN4O/c20-17-3-1-16(2-4-17)19-13-23(11-12-25-19)14-24-18(7-10-22-24)15-5-8-21-9-6-15/h1-10,19H,11-14H2/t19-/m0/s1. The summed E-state index contributed by atoms with van der Waals surface area (Å²) in [5, 5.41) is 4.46. The van der Waals surface area contributed by atoms with Crippen molar-refractivity contribution in [3.63, 3.8) is 0 Å². The fraction of sp³-hybridized carbons (Fsp3) is 0.263. The zero-order valence-corrected chi connectivity index (χ0v) is 13.8. The van der Waals surface area contributed by atoms with E-state index in [1.807, 2.05) is 29.1 Å². The van der Waals surface area contributed by atoms with Crippen molar-refractivity contribution in [3.8, 4) is 11.3 Å². The third-order valence-electron chi connectivity index (χ3n) is 4.42. The van der Waals surface area contributed by atoms with Crippen LogP contribution in [-0.4, -0.2) is 39.4 Å². The van der Waals surface area contributed by atoms with Crippen LogP contribution in [0.25, 0.3) is 11.3 Å². The summed E-state index contributed by atoms with van der Waals surface area (Å²) in [7, 11) is 0. The Morgan fingerprint density at radius 1 is 1.04 bits per heavy atom. The van der Waals surface area contributed by atoms with Gasteiger partial charge in [0.15, 0.2) is 0 Å². The van der Waals surface area contributed by atoms with Gasteiger partial charge >= 0.3 is 0 Å². The molecule has 4 rings (SSSR count). The summed E-state index contributed by atoms with van der Waals surface area (Å²) in [6.07, 6.45) is 5.33. The van der Waals surface area contributed by atoms with Crippen LogP contribution in [-0.2, 0) is 11.4 Å². The molecular weight excluding hydrogens is 319 g/mol. The molecule has 2 aromatic heterocycles. The van der Waals surface area contributed by atoms with Crippen LogP contribution >= 0.6 is 0 Å². The molecule has 1 aromatic carbocycles. The molecule has 1 saturated heterocycles. The minimum atomic E-state index is -0.227. The van der Waals surface area contributed by atoms with Crippen LogP contribution in [0.1, 0.15) is 11.7 Å². The molecule has 6 heteroatoms. The van der Waals surface area contributed by atoms with Crippen LogP contribution in [0.2, 0.25) is 0 Å². The number of aromatic nitrogens is 3. The van der Waals surface area contributed by atoms with Gasteiger partial charge in [-0.05, 0) is 35.9 Å². The molecule has 128 valence electrons. The molecule has 1 aliphatic heterocycles. The highest BCUT2D eigenvalue weighted by Crippen LogP contribution is 2.24. The number of benzene rings is 1. The Kier molecular flexibility index (Phi) is 4.54. The fourth-order valence-electron chi connectivity index (χ4n) is 3.11. The number of ether oxygens (including phenoxy) is 1. The first-order chi connectivity index (χ1) is 12.3. The highest BCUT2D eigenvalue weighted by atomic mass is 19.1. The second kappa shape index (κ2) is 7.13. The van der Waals surface area contributed by atoms with Gasteiger partial charge in [-0.15, -0.1) is 0 Å². The quantitative estimate of drug-likeness (QED) is 0.733. The summed E-state index contributed by atoms with van der Waals surface area (Å²) >= 11 is 0. The zero-order chi connectivity index (χ0) is 17.1. The highest BCUT2D eigenvalue weighted by molar-refractivity contribution is 5.58. The summed E-state index contributed by atoms with van der Waals surface area (Å²) in [4.78, 5) is 6.37. The highest BCUT2D eigenvalue weighted by Gasteiger charge is 2.23. The lowest BCUT2D eigenvalue weighted by molar-refractivity contribution is -0.0414. The Balaban J connectivity index is 1.48. The Labute approximate surface area is 145 Å². The third kappa shape index (κ3) is 3.60. The van der Waals surface area contributed by atoms with Crippen molar-refractivity contribution in [3.05, 3.63) is 72.4 Å². The summed E-state index contributed by atoms with van der Waals surface area (Å²) in [5.41, 5.74) is 3.16. The Bertz CT molecular complexity index is 819. The SMILES string of the molecule is Fc1ccc([C@@H]2CN(Cn3nccc3-c3ccncc3)CCO2)cc1. The van der Waals surface area contributed by atoms with Crippen molar-refractivity contribution in [2.45, 2.75) is 12.8 Å². The first-order valence-electron chi connectivity index (χ1n) is 8.31. The summed E-state index contributed by atoms with van der Waals surface area (Å²) in [5.74, 6) is -0.227. The maximum atomic E-state index is 13.1. The maximum Gasteiger partial charge on any atom is 0.123 e. The molecule has 25 heavy (non-hydrogen) atoms. The fourth-order valence-corrected chi connectivity index (χ4v) is 3.11. The predicted octanol–water partition coefficient (Wildman–Crippen LogP) is 3.12. The summed E-state index contributed by atoms with van der Waals surface area (Å²) in [6.45, 7) is 2.92. The number of halogens is 1. The van der Waals surface area contributed by atoms with Gasteiger partial charge in [0.05, 0.1) is 25.1 Å². The third-order valence-corrected chi connectivity index (χ3v) is 4.42. The van der Waals surface area contributed by atoms with Gasteiger partial charge < -0.3 is 4.74 Å². The van der Waals surface area contributed by atoms with E-state index in [0.29, 0.717) is 13.3 Å². The van der Waals surface area contributed by atoms with Crippen molar-refractivity contribution >= 4 is 0 Å². The molecule has 0 radical (unpaired) electrons. The van der Waals surface area contributed by atoms with Crippen LogP contribution in [0.15, 0.2) is 61.1 Å². The van der Waals surface area contributed by atoms with Crippen LogP contribution < -0.4 is 0 Å². The van der Waals surface area contributed by atoms with Crippen LogP contribution in [0.4, 0.5) is 4.39 Å². The first-order valence-corrected chi connectivity index (χ1v) is 8.31. The summed E-state index contributed by atoms with van der Waals surface area (Å²) in [6, 6.07) is 12.5. The number of nitrogens with zero attached hydrogens (tertiary/aromatic N) is 4. The number of hydrogen-bond acceptors (Lipinski definition) is 4. The van der Waals surface area contributed by atoms with E-state index in [1.165, 1.54) is 12.1 Å². The van der Waals surface area contributed by atoms with Crippen molar-refractivity contribution in [2.24, 2.45) is 0 Å². The van der Waals surface area contributed by atoms with E-state index >= 15 is 0 Å². The van der Waals surface area contributed by atoms with Gasteiger partial charge in [-0.1, -0.05) is 12.1 Å². The molecule has 3 heterocycles. The molecule has 0 bridgehead atoms. The zero-order valence-electron chi connectivity index (χ0n) is 13.8. The number of rotatable bonds is 4. The lowest BCUT2D eigenvalue weighted by atomic mass is 10.1. The van der Waals surface area contributed by atoms with Gasteiger partial charge in [0.2, 0.25) is 0 Å². The van der Waals surface area contributed by atoms with Crippen LogP contribution in [0.3, 0.4) is 0 Å². The van der Waals surface area contributed by atoms with Crippen molar-refractivity contribution in [1.29, 1.82) is 0 Å².